The van der Waals surface area contributed by atoms with Crippen molar-refractivity contribution in [2.24, 2.45) is 0 Å². The number of carboxylic acid groups (broad SMARTS) is 1. The third-order valence-electron chi connectivity index (χ3n) is 3.54. The number of hydrogen-bond donors (Lipinski definition) is 3. The number of benzene rings is 1. The molecule has 1 amide bonds. The number of hydrogen-bond acceptors (Lipinski definition) is 5. The van der Waals surface area contributed by atoms with Crippen molar-refractivity contribution in [3.8, 4) is 0 Å². The molecule has 0 saturated carbocycles. The van der Waals surface area contributed by atoms with Crippen molar-refractivity contribution in [2.45, 2.75) is 23.8 Å². The fourth-order valence-corrected chi connectivity index (χ4v) is 3.28. The van der Waals surface area contributed by atoms with Crippen LogP contribution < -0.4 is 10.0 Å². The van der Waals surface area contributed by atoms with Gasteiger partial charge in [-0.25, -0.2) is 17.9 Å². The maximum Gasteiger partial charge on any atom is 0.331 e. The Morgan fingerprint density at radius 2 is 1.96 bits per heavy atom. The molecule has 23 heavy (non-hydrogen) atoms. The van der Waals surface area contributed by atoms with Crippen molar-refractivity contribution in [3.63, 3.8) is 0 Å². The smallest absolute Gasteiger partial charge is 0.331 e. The van der Waals surface area contributed by atoms with E-state index in [2.05, 4.69) is 10.0 Å². The van der Waals surface area contributed by atoms with Gasteiger partial charge in [0.15, 0.2) is 5.54 Å². The highest BCUT2D eigenvalue weighted by Crippen LogP contribution is 2.20. The van der Waals surface area contributed by atoms with Crippen molar-refractivity contribution < 1.29 is 27.9 Å². The van der Waals surface area contributed by atoms with E-state index in [0.717, 1.165) is 0 Å². The van der Waals surface area contributed by atoms with Gasteiger partial charge < -0.3 is 15.2 Å². The largest absolute Gasteiger partial charge is 0.479 e. The number of carbonyl (C=O) groups is 2. The molecule has 1 atom stereocenters. The molecule has 1 unspecified atom stereocenters. The van der Waals surface area contributed by atoms with Crippen molar-refractivity contribution in [3.05, 3.63) is 29.8 Å². The number of amides is 1. The number of nitrogens with one attached hydrogen (secondary N) is 2. The standard InChI is InChI=1S/C14H18N2O6S/c1-2-15-23(20,21)11-5-3-10(4-6-11)12(17)16-14(13(18)19)7-8-22-9-14/h3-6,15H,2,7-9H2,1H3,(H,16,17)(H,18,19). The molecule has 126 valence electrons. The lowest BCUT2D eigenvalue weighted by atomic mass is 9.98. The molecular formula is C14H18N2O6S. The van der Waals surface area contributed by atoms with Gasteiger partial charge in [0.25, 0.3) is 5.91 Å². The average molecular weight is 342 g/mol. The van der Waals surface area contributed by atoms with Crippen molar-refractivity contribution >= 4 is 21.9 Å². The van der Waals surface area contributed by atoms with Crippen LogP contribution in [0.1, 0.15) is 23.7 Å². The van der Waals surface area contributed by atoms with Gasteiger partial charge >= 0.3 is 5.97 Å². The third-order valence-corrected chi connectivity index (χ3v) is 5.11. The van der Waals surface area contributed by atoms with Crippen LogP contribution in [-0.2, 0) is 19.6 Å². The van der Waals surface area contributed by atoms with Crippen LogP contribution in [0.5, 0.6) is 0 Å². The zero-order chi connectivity index (χ0) is 17.1. The van der Waals surface area contributed by atoms with E-state index in [1.54, 1.807) is 6.92 Å². The van der Waals surface area contributed by atoms with E-state index in [9.17, 15) is 23.1 Å². The van der Waals surface area contributed by atoms with E-state index in [0.29, 0.717) is 0 Å². The highest BCUT2D eigenvalue weighted by molar-refractivity contribution is 7.89. The molecule has 0 aliphatic carbocycles. The van der Waals surface area contributed by atoms with Crippen molar-refractivity contribution in [2.75, 3.05) is 19.8 Å². The fourth-order valence-electron chi connectivity index (χ4n) is 2.23. The zero-order valence-corrected chi connectivity index (χ0v) is 13.4. The van der Waals surface area contributed by atoms with Crippen LogP contribution in [-0.4, -0.2) is 50.7 Å². The molecule has 2 rings (SSSR count). The molecule has 3 N–H and O–H groups in total. The number of aliphatic carboxylic acids is 1. The van der Waals surface area contributed by atoms with Gasteiger partial charge in [0.05, 0.1) is 11.5 Å². The van der Waals surface area contributed by atoms with Crippen LogP contribution in [0, 0.1) is 0 Å². The fraction of sp³-hybridized carbons (Fsp3) is 0.429. The van der Waals surface area contributed by atoms with Crippen LogP contribution in [0.15, 0.2) is 29.2 Å². The second kappa shape index (κ2) is 6.65. The van der Waals surface area contributed by atoms with Gasteiger partial charge in [0.1, 0.15) is 0 Å². The Hall–Kier alpha value is -1.97. The summed E-state index contributed by atoms with van der Waals surface area (Å²) in [5, 5.41) is 11.8. The van der Waals surface area contributed by atoms with Crippen LogP contribution in [0.2, 0.25) is 0 Å². The zero-order valence-electron chi connectivity index (χ0n) is 12.5. The number of ether oxygens (including phenoxy) is 1. The Labute approximate surface area is 133 Å². The summed E-state index contributed by atoms with van der Waals surface area (Å²) < 4.78 is 31.1. The first-order valence-electron chi connectivity index (χ1n) is 7.04. The lowest BCUT2D eigenvalue weighted by Gasteiger charge is -2.23. The second-order valence-electron chi connectivity index (χ2n) is 5.17. The lowest BCUT2D eigenvalue weighted by Crippen LogP contribution is -2.55. The summed E-state index contributed by atoms with van der Waals surface area (Å²) in [5.74, 6) is -1.75. The van der Waals surface area contributed by atoms with E-state index in [1.807, 2.05) is 0 Å². The molecule has 0 aromatic heterocycles. The molecule has 1 heterocycles. The molecule has 8 nitrogen and oxygen atoms in total. The Balaban J connectivity index is 2.16. The van der Waals surface area contributed by atoms with Crippen LogP contribution in [0.4, 0.5) is 0 Å². The quantitative estimate of drug-likeness (QED) is 0.667. The molecule has 0 radical (unpaired) electrons. The summed E-state index contributed by atoms with van der Waals surface area (Å²) in [7, 11) is -3.60. The van der Waals surface area contributed by atoms with Gasteiger partial charge in [-0.2, -0.15) is 0 Å². The molecule has 0 spiro atoms. The third kappa shape index (κ3) is 3.69. The topological polar surface area (TPSA) is 122 Å². The normalized spacial score (nSPS) is 21.1. The van der Waals surface area contributed by atoms with Crippen molar-refractivity contribution in [1.29, 1.82) is 0 Å². The number of rotatable bonds is 6. The number of carbonyl (C=O) groups excluding carboxylic acids is 1. The van der Waals surface area contributed by atoms with E-state index in [1.165, 1.54) is 24.3 Å². The minimum atomic E-state index is -3.60. The molecule has 1 saturated heterocycles. The van der Waals surface area contributed by atoms with E-state index < -0.39 is 27.4 Å². The van der Waals surface area contributed by atoms with E-state index >= 15 is 0 Å². The summed E-state index contributed by atoms with van der Waals surface area (Å²) in [6, 6.07) is 5.27. The first kappa shape index (κ1) is 17.4. The maximum atomic E-state index is 12.2. The summed E-state index contributed by atoms with van der Waals surface area (Å²) in [4.78, 5) is 23.6. The highest BCUT2D eigenvalue weighted by Gasteiger charge is 2.44. The second-order valence-corrected chi connectivity index (χ2v) is 6.94. The minimum absolute atomic E-state index is 0.0352. The Kier molecular flexibility index (Phi) is 5.03. The van der Waals surface area contributed by atoms with Gasteiger partial charge in [-0.1, -0.05) is 6.92 Å². The predicted molar refractivity (Wildman–Crippen MR) is 80.6 cm³/mol. The molecule has 1 aliphatic rings. The van der Waals surface area contributed by atoms with Gasteiger partial charge in [0.2, 0.25) is 10.0 Å². The molecule has 1 aliphatic heterocycles. The van der Waals surface area contributed by atoms with Crippen LogP contribution >= 0.6 is 0 Å². The Morgan fingerprint density at radius 3 is 2.43 bits per heavy atom. The van der Waals surface area contributed by atoms with Gasteiger partial charge in [-0.15, -0.1) is 0 Å². The van der Waals surface area contributed by atoms with Crippen LogP contribution in [0.3, 0.4) is 0 Å². The van der Waals surface area contributed by atoms with Crippen LogP contribution in [0.25, 0.3) is 0 Å². The number of carboxylic acids is 1. The van der Waals surface area contributed by atoms with Crippen molar-refractivity contribution in [1.82, 2.24) is 10.0 Å². The highest BCUT2D eigenvalue weighted by atomic mass is 32.2. The van der Waals surface area contributed by atoms with Gasteiger partial charge in [-0.05, 0) is 24.3 Å². The Morgan fingerprint density at radius 1 is 1.30 bits per heavy atom. The van der Waals surface area contributed by atoms with E-state index in [-0.39, 0.29) is 36.6 Å². The molecule has 1 fully saturated rings. The first-order chi connectivity index (χ1) is 10.8. The molecule has 1 aromatic carbocycles. The SMILES string of the molecule is CCNS(=O)(=O)c1ccc(C(=O)NC2(C(=O)O)CCOC2)cc1. The predicted octanol–water partition coefficient (Wildman–Crippen LogP) is -0.0417. The molecular weight excluding hydrogens is 324 g/mol. The summed E-state index contributed by atoms with van der Waals surface area (Å²) in [6.45, 7) is 2.08. The summed E-state index contributed by atoms with van der Waals surface area (Å²) in [5.41, 5.74) is -1.26. The van der Waals surface area contributed by atoms with Gasteiger partial charge in [-0.3, -0.25) is 4.79 Å². The summed E-state index contributed by atoms with van der Waals surface area (Å²) >= 11 is 0. The monoisotopic (exact) mass is 342 g/mol. The summed E-state index contributed by atoms with van der Waals surface area (Å²) in [6.07, 6.45) is 0.182. The minimum Gasteiger partial charge on any atom is -0.479 e. The molecule has 1 aromatic rings. The lowest BCUT2D eigenvalue weighted by molar-refractivity contribution is -0.144. The first-order valence-corrected chi connectivity index (χ1v) is 8.52. The average Bonchev–Trinajstić information content (AvgIpc) is 2.97. The number of sulfonamides is 1. The molecule has 9 heteroatoms. The van der Waals surface area contributed by atoms with Gasteiger partial charge in [0, 0.05) is 25.1 Å². The van der Waals surface area contributed by atoms with E-state index in [4.69, 9.17) is 4.74 Å². The molecule has 0 bridgehead atoms. The Bertz CT molecular complexity index is 692. The maximum absolute atomic E-state index is 12.2.